The van der Waals surface area contributed by atoms with Crippen LogP contribution >= 0.6 is 0 Å². The summed E-state index contributed by atoms with van der Waals surface area (Å²) in [6, 6.07) is 0. The van der Waals surface area contributed by atoms with Gasteiger partial charge in [-0.25, -0.2) is 0 Å². The zero-order valence-corrected chi connectivity index (χ0v) is 17.3. The van der Waals surface area contributed by atoms with Crippen LogP contribution in [0.4, 0.5) is 0 Å². The van der Waals surface area contributed by atoms with Gasteiger partial charge in [0.15, 0.2) is 6.29 Å². The van der Waals surface area contributed by atoms with Gasteiger partial charge in [0.1, 0.15) is 30.5 Å². The fourth-order valence-electron chi connectivity index (χ4n) is 4.70. The molecule has 0 aromatic rings. The molecule has 0 spiro atoms. The molecule has 0 aromatic heterocycles. The summed E-state index contributed by atoms with van der Waals surface area (Å²) >= 11 is 0. The Hall–Kier alpha value is -1.03. The Bertz CT molecular complexity index is 605. The Morgan fingerprint density at radius 2 is 1.97 bits per heavy atom. The molecule has 166 valence electrons. The van der Waals surface area contributed by atoms with Gasteiger partial charge in [0.2, 0.25) is 0 Å². The van der Waals surface area contributed by atoms with E-state index in [9.17, 15) is 25.2 Å². The number of ether oxygens (including phenoxy) is 3. The average molecular weight is 414 g/mol. The number of rotatable bonds is 6. The first-order valence-electron chi connectivity index (χ1n) is 10.6. The van der Waals surface area contributed by atoms with Gasteiger partial charge >= 0.3 is 5.97 Å². The summed E-state index contributed by atoms with van der Waals surface area (Å²) in [5, 5.41) is 39.1. The van der Waals surface area contributed by atoms with E-state index in [0.29, 0.717) is 12.3 Å². The molecule has 0 bridgehead atoms. The summed E-state index contributed by atoms with van der Waals surface area (Å²) in [5.74, 6) is 0.394. The van der Waals surface area contributed by atoms with E-state index in [1.54, 1.807) is 0 Å². The smallest absolute Gasteiger partial charge is 0.309 e. The third-order valence-electron chi connectivity index (χ3n) is 6.70. The highest BCUT2D eigenvalue weighted by atomic mass is 16.7. The number of fused-ring (bicyclic) bond motifs is 1. The van der Waals surface area contributed by atoms with Crippen LogP contribution in [0.3, 0.4) is 0 Å². The van der Waals surface area contributed by atoms with Crippen molar-refractivity contribution in [2.45, 2.75) is 89.4 Å². The minimum atomic E-state index is -1.55. The van der Waals surface area contributed by atoms with Crippen molar-refractivity contribution in [3.8, 4) is 0 Å². The van der Waals surface area contributed by atoms with Crippen molar-refractivity contribution in [3.63, 3.8) is 0 Å². The fourth-order valence-corrected chi connectivity index (χ4v) is 4.70. The summed E-state index contributed by atoms with van der Waals surface area (Å²) < 4.78 is 16.6. The number of aliphatic hydroxyl groups is 4. The fraction of sp³-hybridized carbons (Fsp3) is 0.857. The second-order valence-corrected chi connectivity index (χ2v) is 8.76. The summed E-state index contributed by atoms with van der Waals surface area (Å²) in [6.07, 6.45) is -1.07. The molecular weight excluding hydrogens is 380 g/mol. The Morgan fingerprint density at radius 3 is 2.66 bits per heavy atom. The van der Waals surface area contributed by atoms with Gasteiger partial charge in [-0.2, -0.15) is 0 Å². The van der Waals surface area contributed by atoms with E-state index in [1.165, 1.54) is 5.57 Å². The van der Waals surface area contributed by atoms with Gasteiger partial charge in [-0.1, -0.05) is 25.5 Å². The SMILES string of the molecule is C[C@H](CCC1=CC[C@@H]2[C@H](C)C(=O)O[C@@H]2C[C@@H]1C)O[C@H]1[C@@H](O)[C@H](O)[C@@H](O)O[C@H]1CO. The summed E-state index contributed by atoms with van der Waals surface area (Å²) in [4.78, 5) is 11.8. The van der Waals surface area contributed by atoms with Crippen molar-refractivity contribution in [1.29, 1.82) is 0 Å². The zero-order valence-electron chi connectivity index (χ0n) is 17.3. The van der Waals surface area contributed by atoms with Crippen LogP contribution in [0.15, 0.2) is 11.6 Å². The monoisotopic (exact) mass is 414 g/mol. The first-order valence-corrected chi connectivity index (χ1v) is 10.6. The normalized spacial score (nSPS) is 43.9. The van der Waals surface area contributed by atoms with Gasteiger partial charge < -0.3 is 34.6 Å². The number of hydrogen-bond donors (Lipinski definition) is 4. The van der Waals surface area contributed by atoms with Crippen molar-refractivity contribution in [2.24, 2.45) is 17.8 Å². The van der Waals surface area contributed by atoms with Crippen molar-refractivity contribution in [2.75, 3.05) is 6.61 Å². The van der Waals surface area contributed by atoms with Gasteiger partial charge in [0.05, 0.1) is 18.6 Å². The van der Waals surface area contributed by atoms with Crippen LogP contribution in [0.2, 0.25) is 0 Å². The number of carbonyl (C=O) groups is 1. The Morgan fingerprint density at radius 1 is 1.24 bits per heavy atom. The van der Waals surface area contributed by atoms with Gasteiger partial charge in [-0.3, -0.25) is 4.79 Å². The minimum Gasteiger partial charge on any atom is -0.462 e. The number of esters is 1. The summed E-state index contributed by atoms with van der Waals surface area (Å²) in [7, 11) is 0. The van der Waals surface area contributed by atoms with Crippen LogP contribution in [-0.4, -0.2) is 75.9 Å². The third kappa shape index (κ3) is 4.84. The largest absolute Gasteiger partial charge is 0.462 e. The molecule has 0 unspecified atom stereocenters. The number of allylic oxidation sites excluding steroid dienone is 2. The lowest BCUT2D eigenvalue weighted by molar-refractivity contribution is -0.299. The van der Waals surface area contributed by atoms with Gasteiger partial charge in [-0.05, 0) is 38.5 Å². The van der Waals surface area contributed by atoms with Crippen LogP contribution in [0, 0.1) is 17.8 Å². The van der Waals surface area contributed by atoms with E-state index >= 15 is 0 Å². The van der Waals surface area contributed by atoms with E-state index in [2.05, 4.69) is 13.0 Å². The summed E-state index contributed by atoms with van der Waals surface area (Å²) in [5.41, 5.74) is 1.31. The maximum atomic E-state index is 11.8. The van der Waals surface area contributed by atoms with E-state index < -0.39 is 37.3 Å². The van der Waals surface area contributed by atoms with Crippen LogP contribution in [-0.2, 0) is 19.0 Å². The molecule has 0 amide bonds. The molecule has 1 aliphatic carbocycles. The standard InChI is InChI=1S/C21H34O8/c1-10-8-15-14(12(3)20(25)28-15)7-6-13(10)5-4-11(2)27-19-16(9-22)29-21(26)18(24)17(19)23/h6,10-12,14-19,21-24,26H,4-5,7-9H2,1-3H3/t10-,11+,12-,14+,15+,16-,17-,18-,19+,21-/m0/s1. The third-order valence-corrected chi connectivity index (χ3v) is 6.70. The molecule has 0 aromatic carbocycles. The predicted molar refractivity (Wildman–Crippen MR) is 103 cm³/mol. The molecule has 3 rings (SSSR count). The van der Waals surface area contributed by atoms with Crippen molar-refractivity contribution < 1.29 is 39.4 Å². The number of hydrogen-bond acceptors (Lipinski definition) is 8. The second-order valence-electron chi connectivity index (χ2n) is 8.76. The van der Waals surface area contributed by atoms with Crippen molar-refractivity contribution in [3.05, 3.63) is 11.6 Å². The Balaban J connectivity index is 1.55. The molecule has 2 aliphatic heterocycles. The molecule has 2 heterocycles. The second kappa shape index (κ2) is 9.41. The van der Waals surface area contributed by atoms with Crippen LogP contribution in [0.25, 0.3) is 0 Å². The highest BCUT2D eigenvalue weighted by Crippen LogP contribution is 2.40. The lowest BCUT2D eigenvalue weighted by Gasteiger charge is -2.41. The molecular formula is C21H34O8. The molecule has 8 heteroatoms. The van der Waals surface area contributed by atoms with E-state index in [-0.39, 0.29) is 30.0 Å². The number of aliphatic hydroxyl groups excluding tert-OH is 4. The Labute approximate surface area is 171 Å². The van der Waals surface area contributed by atoms with Gasteiger partial charge in [0, 0.05) is 5.92 Å². The molecule has 4 N–H and O–H groups in total. The van der Waals surface area contributed by atoms with Crippen LogP contribution in [0.5, 0.6) is 0 Å². The molecule has 29 heavy (non-hydrogen) atoms. The maximum absolute atomic E-state index is 11.8. The van der Waals surface area contributed by atoms with E-state index in [4.69, 9.17) is 14.2 Å². The predicted octanol–water partition coefficient (Wildman–Crippen LogP) is 0.506. The minimum absolute atomic E-state index is 0.0114. The molecule has 0 saturated carbocycles. The van der Waals surface area contributed by atoms with Gasteiger partial charge in [0.25, 0.3) is 0 Å². The first kappa shape index (κ1) is 22.7. The topological polar surface area (TPSA) is 126 Å². The van der Waals surface area contributed by atoms with E-state index in [1.807, 2.05) is 13.8 Å². The van der Waals surface area contributed by atoms with E-state index in [0.717, 1.165) is 19.3 Å². The molecule has 2 saturated heterocycles. The molecule has 3 aliphatic rings. The number of carbonyl (C=O) groups excluding carboxylic acids is 1. The lowest BCUT2D eigenvalue weighted by Crippen LogP contribution is -2.60. The first-order chi connectivity index (χ1) is 13.7. The molecule has 0 radical (unpaired) electrons. The average Bonchev–Trinajstić information content (AvgIpc) is 2.85. The van der Waals surface area contributed by atoms with Crippen LogP contribution in [0.1, 0.15) is 46.5 Å². The molecule has 2 fully saturated rings. The lowest BCUT2D eigenvalue weighted by atomic mass is 9.87. The highest BCUT2D eigenvalue weighted by molar-refractivity contribution is 5.74. The van der Waals surface area contributed by atoms with Crippen molar-refractivity contribution >= 4 is 5.97 Å². The highest BCUT2D eigenvalue weighted by Gasteiger charge is 2.45. The molecule has 10 atom stereocenters. The van der Waals surface area contributed by atoms with Crippen molar-refractivity contribution in [1.82, 2.24) is 0 Å². The molecule has 8 nitrogen and oxygen atoms in total. The van der Waals surface area contributed by atoms with Gasteiger partial charge in [-0.15, -0.1) is 0 Å². The zero-order chi connectivity index (χ0) is 21.3. The quantitative estimate of drug-likeness (QED) is 0.366. The Kier molecular flexibility index (Phi) is 7.35. The summed E-state index contributed by atoms with van der Waals surface area (Å²) in [6.45, 7) is 5.53. The maximum Gasteiger partial charge on any atom is 0.309 e. The van der Waals surface area contributed by atoms with Crippen LogP contribution < -0.4 is 0 Å².